The lowest BCUT2D eigenvalue weighted by molar-refractivity contribution is 0.140. The zero-order valence-corrected chi connectivity index (χ0v) is 9.19. The Hall–Kier alpha value is -1.55. The summed E-state index contributed by atoms with van der Waals surface area (Å²) in [5.74, 6) is 0. The maximum atomic E-state index is 11.5. The van der Waals surface area contributed by atoms with E-state index < -0.39 is 0 Å². The van der Waals surface area contributed by atoms with E-state index in [1.807, 2.05) is 24.3 Å². The number of hydrogen-bond donors (Lipinski definition) is 1. The summed E-state index contributed by atoms with van der Waals surface area (Å²) in [7, 11) is 0. The highest BCUT2D eigenvalue weighted by Gasteiger charge is 2.20. The predicted molar refractivity (Wildman–Crippen MR) is 62.5 cm³/mol. The molecule has 0 saturated carbocycles. The largest absolute Gasteiger partial charge is 0.449 e. The number of anilines is 1. The van der Waals surface area contributed by atoms with Crippen LogP contribution in [0.3, 0.4) is 0 Å². The molecule has 4 nitrogen and oxygen atoms in total. The number of carbonyl (C=O) groups excluding carboxylic acids is 1. The zero-order chi connectivity index (χ0) is 11.4. The van der Waals surface area contributed by atoms with Gasteiger partial charge < -0.3 is 10.5 Å². The van der Waals surface area contributed by atoms with Gasteiger partial charge in [-0.1, -0.05) is 12.1 Å². The molecular formula is C12H16N2O2. The highest BCUT2D eigenvalue weighted by Crippen LogP contribution is 2.20. The first kappa shape index (κ1) is 11.0. The number of cyclic esters (lactones) is 1. The standard InChI is InChI=1S/C12H16N2O2/c13-6-5-10-3-1-4-11(9-10)14-7-2-8-16-12(14)15/h1,3-4,9H,2,5-8,13H2. The van der Waals surface area contributed by atoms with Crippen LogP contribution in [0.1, 0.15) is 12.0 Å². The second-order valence-corrected chi connectivity index (χ2v) is 3.83. The molecule has 1 heterocycles. The summed E-state index contributed by atoms with van der Waals surface area (Å²) in [6.45, 7) is 1.87. The summed E-state index contributed by atoms with van der Waals surface area (Å²) in [6, 6.07) is 7.89. The van der Waals surface area contributed by atoms with Crippen molar-refractivity contribution < 1.29 is 9.53 Å². The van der Waals surface area contributed by atoms with Gasteiger partial charge in [0.15, 0.2) is 0 Å². The molecule has 1 amide bonds. The summed E-state index contributed by atoms with van der Waals surface area (Å²) < 4.78 is 5.01. The average molecular weight is 220 g/mol. The van der Waals surface area contributed by atoms with E-state index >= 15 is 0 Å². The lowest BCUT2D eigenvalue weighted by Gasteiger charge is -2.26. The number of rotatable bonds is 3. The van der Waals surface area contributed by atoms with Gasteiger partial charge in [-0.15, -0.1) is 0 Å². The van der Waals surface area contributed by atoms with Crippen LogP contribution in [0.2, 0.25) is 0 Å². The van der Waals surface area contributed by atoms with Gasteiger partial charge in [0.2, 0.25) is 0 Å². The van der Waals surface area contributed by atoms with Gasteiger partial charge in [-0.25, -0.2) is 4.79 Å². The molecule has 2 rings (SSSR count). The SMILES string of the molecule is NCCc1cccc(N2CCCOC2=O)c1. The molecule has 0 radical (unpaired) electrons. The molecule has 4 heteroatoms. The van der Waals surface area contributed by atoms with E-state index in [1.165, 1.54) is 0 Å². The molecule has 1 fully saturated rings. The molecule has 0 unspecified atom stereocenters. The van der Waals surface area contributed by atoms with Gasteiger partial charge in [0, 0.05) is 12.2 Å². The van der Waals surface area contributed by atoms with Crippen molar-refractivity contribution in [1.82, 2.24) is 0 Å². The fourth-order valence-corrected chi connectivity index (χ4v) is 1.83. The lowest BCUT2D eigenvalue weighted by atomic mass is 10.1. The minimum Gasteiger partial charge on any atom is -0.449 e. The molecule has 0 spiro atoms. The van der Waals surface area contributed by atoms with E-state index in [4.69, 9.17) is 10.5 Å². The Balaban J connectivity index is 2.18. The fraction of sp³-hybridized carbons (Fsp3) is 0.417. The second kappa shape index (κ2) is 4.99. The number of carbonyl (C=O) groups is 1. The highest BCUT2D eigenvalue weighted by molar-refractivity contribution is 5.88. The molecule has 0 bridgehead atoms. The molecule has 1 aliphatic heterocycles. The van der Waals surface area contributed by atoms with Crippen LogP contribution < -0.4 is 10.6 Å². The van der Waals surface area contributed by atoms with Crippen LogP contribution in [-0.4, -0.2) is 25.8 Å². The molecular weight excluding hydrogens is 204 g/mol. The van der Waals surface area contributed by atoms with Gasteiger partial charge in [0.05, 0.1) is 6.61 Å². The van der Waals surface area contributed by atoms with Crippen LogP contribution in [0.15, 0.2) is 24.3 Å². The summed E-state index contributed by atoms with van der Waals surface area (Å²) >= 11 is 0. The second-order valence-electron chi connectivity index (χ2n) is 3.83. The number of hydrogen-bond acceptors (Lipinski definition) is 3. The quantitative estimate of drug-likeness (QED) is 0.840. The molecule has 1 aromatic rings. The molecule has 0 aliphatic carbocycles. The first-order valence-corrected chi connectivity index (χ1v) is 5.54. The van der Waals surface area contributed by atoms with Crippen molar-refractivity contribution in [3.63, 3.8) is 0 Å². The van der Waals surface area contributed by atoms with Crippen LogP contribution in [-0.2, 0) is 11.2 Å². The number of ether oxygens (including phenoxy) is 1. The number of benzene rings is 1. The van der Waals surface area contributed by atoms with Crippen LogP contribution >= 0.6 is 0 Å². The van der Waals surface area contributed by atoms with Crippen LogP contribution in [0.4, 0.5) is 10.5 Å². The summed E-state index contributed by atoms with van der Waals surface area (Å²) in [5.41, 5.74) is 7.56. The average Bonchev–Trinajstić information content (AvgIpc) is 2.30. The monoisotopic (exact) mass is 220 g/mol. The first-order valence-electron chi connectivity index (χ1n) is 5.54. The number of amides is 1. The molecule has 0 aromatic heterocycles. The molecule has 2 N–H and O–H groups in total. The first-order chi connectivity index (χ1) is 7.81. The summed E-state index contributed by atoms with van der Waals surface area (Å²) in [6.07, 6.45) is 1.46. The van der Waals surface area contributed by atoms with Gasteiger partial charge in [-0.05, 0) is 37.1 Å². The fourth-order valence-electron chi connectivity index (χ4n) is 1.83. The smallest absolute Gasteiger partial charge is 0.414 e. The third-order valence-corrected chi connectivity index (χ3v) is 2.63. The Labute approximate surface area is 95.0 Å². The Morgan fingerprint density at radius 2 is 2.31 bits per heavy atom. The van der Waals surface area contributed by atoms with Crippen LogP contribution in [0.25, 0.3) is 0 Å². The summed E-state index contributed by atoms with van der Waals surface area (Å²) in [5, 5.41) is 0. The zero-order valence-electron chi connectivity index (χ0n) is 9.19. The van der Waals surface area contributed by atoms with E-state index in [-0.39, 0.29) is 6.09 Å². The van der Waals surface area contributed by atoms with Crippen LogP contribution in [0, 0.1) is 0 Å². The van der Waals surface area contributed by atoms with Crippen molar-refractivity contribution in [3.8, 4) is 0 Å². The molecule has 86 valence electrons. The van der Waals surface area contributed by atoms with E-state index in [9.17, 15) is 4.79 Å². The Morgan fingerprint density at radius 1 is 1.44 bits per heavy atom. The number of nitrogens with zero attached hydrogens (tertiary/aromatic N) is 1. The Morgan fingerprint density at radius 3 is 3.06 bits per heavy atom. The van der Waals surface area contributed by atoms with Crippen molar-refractivity contribution in [2.24, 2.45) is 5.73 Å². The summed E-state index contributed by atoms with van der Waals surface area (Å²) in [4.78, 5) is 13.2. The molecule has 0 atom stereocenters. The van der Waals surface area contributed by atoms with Crippen molar-refractivity contribution >= 4 is 11.8 Å². The topological polar surface area (TPSA) is 55.6 Å². The number of nitrogens with two attached hydrogens (primary N) is 1. The van der Waals surface area contributed by atoms with Crippen molar-refractivity contribution in [1.29, 1.82) is 0 Å². The van der Waals surface area contributed by atoms with Gasteiger partial charge in [0.25, 0.3) is 0 Å². The van der Waals surface area contributed by atoms with Crippen molar-refractivity contribution in [3.05, 3.63) is 29.8 Å². The van der Waals surface area contributed by atoms with E-state index in [0.717, 1.165) is 30.6 Å². The van der Waals surface area contributed by atoms with E-state index in [0.29, 0.717) is 13.2 Å². The van der Waals surface area contributed by atoms with Crippen molar-refractivity contribution in [2.45, 2.75) is 12.8 Å². The Bertz CT molecular complexity index is 379. The van der Waals surface area contributed by atoms with Gasteiger partial charge in [-0.3, -0.25) is 4.90 Å². The molecule has 16 heavy (non-hydrogen) atoms. The van der Waals surface area contributed by atoms with Crippen molar-refractivity contribution in [2.75, 3.05) is 24.6 Å². The maximum absolute atomic E-state index is 11.5. The highest BCUT2D eigenvalue weighted by atomic mass is 16.6. The predicted octanol–water partition coefficient (Wildman–Crippen LogP) is 1.53. The molecule has 1 saturated heterocycles. The molecule has 1 aliphatic rings. The third kappa shape index (κ3) is 2.33. The minimum absolute atomic E-state index is 0.254. The van der Waals surface area contributed by atoms with Gasteiger partial charge >= 0.3 is 6.09 Å². The normalized spacial score (nSPS) is 16.1. The van der Waals surface area contributed by atoms with E-state index in [2.05, 4.69) is 0 Å². The third-order valence-electron chi connectivity index (χ3n) is 2.63. The molecule has 1 aromatic carbocycles. The minimum atomic E-state index is -0.254. The van der Waals surface area contributed by atoms with Gasteiger partial charge in [0.1, 0.15) is 0 Å². The lowest BCUT2D eigenvalue weighted by Crippen LogP contribution is -2.37. The Kier molecular flexibility index (Phi) is 3.41. The van der Waals surface area contributed by atoms with Crippen LogP contribution in [0.5, 0.6) is 0 Å². The van der Waals surface area contributed by atoms with E-state index in [1.54, 1.807) is 4.90 Å². The maximum Gasteiger partial charge on any atom is 0.414 e. The van der Waals surface area contributed by atoms with Gasteiger partial charge in [-0.2, -0.15) is 0 Å².